The van der Waals surface area contributed by atoms with Crippen LogP contribution in [0.15, 0.2) is 48.5 Å². The summed E-state index contributed by atoms with van der Waals surface area (Å²) in [4.78, 5) is 28.5. The summed E-state index contributed by atoms with van der Waals surface area (Å²) >= 11 is 0. The van der Waals surface area contributed by atoms with Gasteiger partial charge in [0.1, 0.15) is 11.5 Å². The van der Waals surface area contributed by atoms with Gasteiger partial charge in [-0.3, -0.25) is 9.59 Å². The molecular formula is C20H23N3O4. The average molecular weight is 369 g/mol. The van der Waals surface area contributed by atoms with E-state index in [-0.39, 0.29) is 0 Å². The topological polar surface area (TPSA) is 71.1 Å². The third-order valence-corrected chi connectivity index (χ3v) is 4.51. The van der Waals surface area contributed by atoms with Crippen LogP contribution >= 0.6 is 0 Å². The van der Waals surface area contributed by atoms with Crippen LogP contribution in [-0.2, 0) is 9.59 Å². The van der Waals surface area contributed by atoms with Crippen molar-refractivity contribution in [3.63, 3.8) is 0 Å². The first-order chi connectivity index (χ1) is 13.1. The van der Waals surface area contributed by atoms with E-state index in [1.54, 1.807) is 43.4 Å². The van der Waals surface area contributed by atoms with Gasteiger partial charge in [0.2, 0.25) is 0 Å². The summed E-state index contributed by atoms with van der Waals surface area (Å²) in [7, 11) is 3.19. The van der Waals surface area contributed by atoms with Gasteiger partial charge >= 0.3 is 11.8 Å². The van der Waals surface area contributed by atoms with E-state index in [4.69, 9.17) is 9.47 Å². The summed E-state index contributed by atoms with van der Waals surface area (Å²) in [5.74, 6) is 0.241. The Kier molecular flexibility index (Phi) is 5.80. The highest BCUT2D eigenvalue weighted by Crippen LogP contribution is 2.28. The van der Waals surface area contributed by atoms with Gasteiger partial charge in [0.05, 0.1) is 19.9 Å². The van der Waals surface area contributed by atoms with E-state index >= 15 is 0 Å². The zero-order valence-corrected chi connectivity index (χ0v) is 15.5. The molecule has 0 spiro atoms. The molecule has 3 rings (SSSR count). The van der Waals surface area contributed by atoms with Gasteiger partial charge in [0.15, 0.2) is 0 Å². The standard InChI is InChI=1S/C20H23N3O4/c1-26-16-7-5-6-15(14-16)21-19(24)20(25)23-12-10-22(11-13-23)17-8-3-4-9-18(17)27-2/h3-9,14H,10-13H2,1-2H3,(H,21,24). The first-order valence-electron chi connectivity index (χ1n) is 8.74. The molecule has 0 unspecified atom stereocenters. The molecule has 1 saturated heterocycles. The third-order valence-electron chi connectivity index (χ3n) is 4.51. The van der Waals surface area contributed by atoms with Gasteiger partial charge in [-0.05, 0) is 24.3 Å². The Balaban J connectivity index is 1.58. The summed E-state index contributed by atoms with van der Waals surface area (Å²) in [6, 6.07) is 14.7. The normalized spacial score (nSPS) is 13.9. The molecule has 1 N–H and O–H groups in total. The molecule has 0 aliphatic carbocycles. The number of para-hydroxylation sites is 2. The minimum absolute atomic E-state index is 0.475. The van der Waals surface area contributed by atoms with Crippen molar-refractivity contribution >= 4 is 23.2 Å². The molecule has 0 aromatic heterocycles. The molecule has 0 saturated carbocycles. The lowest BCUT2D eigenvalue weighted by atomic mass is 10.2. The molecule has 142 valence electrons. The molecule has 0 radical (unpaired) electrons. The molecule has 27 heavy (non-hydrogen) atoms. The minimum atomic E-state index is -0.644. The number of ether oxygens (including phenoxy) is 2. The predicted molar refractivity (Wildman–Crippen MR) is 103 cm³/mol. The molecule has 1 aliphatic heterocycles. The summed E-state index contributed by atoms with van der Waals surface area (Å²) in [5, 5.41) is 2.63. The van der Waals surface area contributed by atoms with E-state index in [9.17, 15) is 9.59 Å². The summed E-state index contributed by atoms with van der Waals surface area (Å²) < 4.78 is 10.5. The van der Waals surface area contributed by atoms with E-state index in [2.05, 4.69) is 10.2 Å². The van der Waals surface area contributed by atoms with Crippen molar-refractivity contribution in [2.24, 2.45) is 0 Å². The van der Waals surface area contributed by atoms with E-state index in [0.717, 1.165) is 11.4 Å². The van der Waals surface area contributed by atoms with Gasteiger partial charge in [-0.15, -0.1) is 0 Å². The maximum absolute atomic E-state index is 12.5. The van der Waals surface area contributed by atoms with E-state index in [0.29, 0.717) is 37.6 Å². The Morgan fingerprint density at radius 2 is 1.67 bits per heavy atom. The van der Waals surface area contributed by atoms with Crippen molar-refractivity contribution in [2.75, 3.05) is 50.6 Å². The van der Waals surface area contributed by atoms with Gasteiger partial charge < -0.3 is 24.6 Å². The maximum atomic E-state index is 12.5. The molecule has 0 bridgehead atoms. The molecule has 7 nitrogen and oxygen atoms in total. The Morgan fingerprint density at radius 3 is 2.37 bits per heavy atom. The van der Waals surface area contributed by atoms with Gasteiger partial charge in [0.25, 0.3) is 0 Å². The van der Waals surface area contributed by atoms with Crippen LogP contribution in [0.4, 0.5) is 11.4 Å². The molecule has 2 amide bonds. The Labute approximate surface area is 158 Å². The number of piperazine rings is 1. The highest BCUT2D eigenvalue weighted by molar-refractivity contribution is 6.39. The van der Waals surface area contributed by atoms with Crippen molar-refractivity contribution in [2.45, 2.75) is 0 Å². The maximum Gasteiger partial charge on any atom is 0.313 e. The highest BCUT2D eigenvalue weighted by atomic mass is 16.5. The second kappa shape index (κ2) is 8.44. The number of nitrogens with one attached hydrogen (secondary N) is 1. The lowest BCUT2D eigenvalue weighted by molar-refractivity contribution is -0.143. The fraction of sp³-hybridized carbons (Fsp3) is 0.300. The monoisotopic (exact) mass is 369 g/mol. The second-order valence-electron chi connectivity index (χ2n) is 6.14. The van der Waals surface area contributed by atoms with Crippen molar-refractivity contribution in [3.8, 4) is 11.5 Å². The van der Waals surface area contributed by atoms with Gasteiger partial charge in [0, 0.05) is 37.9 Å². The number of hydrogen-bond acceptors (Lipinski definition) is 5. The van der Waals surface area contributed by atoms with E-state index in [1.807, 2.05) is 24.3 Å². The highest BCUT2D eigenvalue weighted by Gasteiger charge is 2.27. The zero-order valence-electron chi connectivity index (χ0n) is 15.5. The van der Waals surface area contributed by atoms with Crippen LogP contribution in [0.25, 0.3) is 0 Å². The zero-order chi connectivity index (χ0) is 19.2. The minimum Gasteiger partial charge on any atom is -0.497 e. The van der Waals surface area contributed by atoms with Crippen molar-refractivity contribution in [1.82, 2.24) is 4.90 Å². The van der Waals surface area contributed by atoms with Gasteiger partial charge in [-0.2, -0.15) is 0 Å². The molecule has 1 heterocycles. The lowest BCUT2D eigenvalue weighted by Crippen LogP contribution is -2.51. The number of carbonyl (C=O) groups excluding carboxylic acids is 2. The SMILES string of the molecule is COc1cccc(NC(=O)C(=O)N2CCN(c3ccccc3OC)CC2)c1. The molecule has 0 atom stereocenters. The first kappa shape index (κ1) is 18.6. The van der Waals surface area contributed by atoms with Crippen LogP contribution in [0.5, 0.6) is 11.5 Å². The molecular weight excluding hydrogens is 346 g/mol. The predicted octanol–water partition coefficient (Wildman–Crippen LogP) is 1.99. The molecule has 2 aromatic carbocycles. The van der Waals surface area contributed by atoms with E-state index < -0.39 is 11.8 Å². The number of nitrogens with zero attached hydrogens (tertiary/aromatic N) is 2. The van der Waals surface area contributed by atoms with Crippen LogP contribution in [0.1, 0.15) is 0 Å². The Morgan fingerprint density at radius 1 is 0.926 bits per heavy atom. The summed E-state index contributed by atoms with van der Waals surface area (Å²) in [5.41, 5.74) is 1.52. The fourth-order valence-electron chi connectivity index (χ4n) is 3.07. The fourth-order valence-corrected chi connectivity index (χ4v) is 3.07. The summed E-state index contributed by atoms with van der Waals surface area (Å²) in [6.07, 6.45) is 0. The smallest absolute Gasteiger partial charge is 0.313 e. The summed E-state index contributed by atoms with van der Waals surface area (Å²) in [6.45, 7) is 2.22. The Hall–Kier alpha value is -3.22. The van der Waals surface area contributed by atoms with Crippen molar-refractivity contribution in [1.29, 1.82) is 0 Å². The third kappa shape index (κ3) is 4.31. The lowest BCUT2D eigenvalue weighted by Gasteiger charge is -2.36. The molecule has 7 heteroatoms. The van der Waals surface area contributed by atoms with Crippen LogP contribution in [0, 0.1) is 0 Å². The second-order valence-corrected chi connectivity index (χ2v) is 6.14. The number of benzene rings is 2. The van der Waals surface area contributed by atoms with Gasteiger partial charge in [-0.25, -0.2) is 0 Å². The van der Waals surface area contributed by atoms with E-state index in [1.165, 1.54) is 0 Å². The number of hydrogen-bond donors (Lipinski definition) is 1. The number of anilines is 2. The van der Waals surface area contributed by atoms with Crippen molar-refractivity contribution in [3.05, 3.63) is 48.5 Å². The largest absolute Gasteiger partial charge is 0.497 e. The van der Waals surface area contributed by atoms with Crippen LogP contribution in [0.2, 0.25) is 0 Å². The average Bonchev–Trinajstić information content (AvgIpc) is 2.73. The number of methoxy groups -OCH3 is 2. The molecule has 1 fully saturated rings. The molecule has 2 aromatic rings. The number of rotatable bonds is 4. The quantitative estimate of drug-likeness (QED) is 0.835. The number of carbonyl (C=O) groups is 2. The van der Waals surface area contributed by atoms with Gasteiger partial charge in [-0.1, -0.05) is 18.2 Å². The molecule has 1 aliphatic rings. The van der Waals surface area contributed by atoms with Crippen LogP contribution in [-0.4, -0.2) is 57.1 Å². The van der Waals surface area contributed by atoms with Crippen molar-refractivity contribution < 1.29 is 19.1 Å². The number of amides is 2. The first-order valence-corrected chi connectivity index (χ1v) is 8.74. The Bertz CT molecular complexity index is 816. The van der Waals surface area contributed by atoms with Crippen LogP contribution in [0.3, 0.4) is 0 Å². The van der Waals surface area contributed by atoms with Crippen LogP contribution < -0.4 is 19.7 Å².